The molecule has 2 fully saturated rings. The summed E-state index contributed by atoms with van der Waals surface area (Å²) < 4.78 is 20.6. The number of hydrogen-bond donors (Lipinski definition) is 2. The van der Waals surface area contributed by atoms with Crippen molar-refractivity contribution in [3.8, 4) is 0 Å². The van der Waals surface area contributed by atoms with Crippen molar-refractivity contribution in [3.63, 3.8) is 0 Å². The number of esters is 1. The van der Waals surface area contributed by atoms with Crippen LogP contribution >= 0.6 is 0 Å². The number of Topliss-reactive ketones (excluding diaryl/α,β-unsaturated/α-hetero) is 1. The lowest BCUT2D eigenvalue weighted by Crippen LogP contribution is -2.50. The lowest BCUT2D eigenvalue weighted by molar-refractivity contribution is -0.155. The molecule has 218 valence electrons. The number of ether oxygens (including phenoxy) is 1. The van der Waals surface area contributed by atoms with Crippen molar-refractivity contribution in [2.45, 2.75) is 97.3 Å². The predicted octanol–water partition coefficient (Wildman–Crippen LogP) is 4.99. The van der Waals surface area contributed by atoms with E-state index in [1.807, 2.05) is 19.1 Å². The molecular weight excluding hydrogens is 499 g/mol. The molecule has 2 saturated carbocycles. The monoisotopic (exact) mass is 546 g/mol. The summed E-state index contributed by atoms with van der Waals surface area (Å²) in [5.74, 6) is 4.05. The number of nitrogens with zero attached hydrogens (tertiary/aromatic N) is 1. The second kappa shape index (κ2) is 13.8. The Labute approximate surface area is 232 Å². The van der Waals surface area contributed by atoms with Gasteiger partial charge in [0.25, 0.3) is 0 Å². The molecule has 3 aliphatic rings. The third kappa shape index (κ3) is 7.66. The van der Waals surface area contributed by atoms with Crippen LogP contribution in [0, 0.1) is 29.1 Å². The highest BCUT2D eigenvalue weighted by Gasteiger charge is 2.58. The van der Waals surface area contributed by atoms with Crippen LogP contribution in [-0.4, -0.2) is 53.2 Å². The number of unbranched alkanes of at least 4 members (excludes halogenated alkanes) is 3. The van der Waals surface area contributed by atoms with Gasteiger partial charge in [-0.3, -0.25) is 19.4 Å². The van der Waals surface area contributed by atoms with E-state index in [1.165, 1.54) is 0 Å². The van der Waals surface area contributed by atoms with Gasteiger partial charge < -0.3 is 9.84 Å². The van der Waals surface area contributed by atoms with E-state index in [4.69, 9.17) is 10.6 Å². The lowest BCUT2D eigenvalue weighted by atomic mass is 9.55. The molecule has 0 heterocycles. The Kier molecular flexibility index (Phi) is 11.1. The Balaban J connectivity index is 1.61. The first-order valence-corrected chi connectivity index (χ1v) is 14.6. The van der Waals surface area contributed by atoms with Gasteiger partial charge in [-0.25, -0.2) is 10.2 Å². The van der Waals surface area contributed by atoms with Crippen LogP contribution in [0.15, 0.2) is 36.0 Å². The molecule has 0 aliphatic heterocycles. The van der Waals surface area contributed by atoms with Crippen molar-refractivity contribution in [1.82, 2.24) is 5.01 Å². The number of nitrogens with two attached hydrogens (primary N) is 1. The normalized spacial score (nSPS) is 34.7. The average molecular weight is 547 g/mol. The minimum absolute atomic E-state index is 0.0670. The first-order chi connectivity index (χ1) is 18.5. The molecule has 3 N–H and O–H groups in total. The molecular formula is C31H47FN2O5. The minimum Gasteiger partial charge on any atom is -0.456 e. The molecule has 0 aromatic rings. The van der Waals surface area contributed by atoms with Gasteiger partial charge in [0, 0.05) is 12.3 Å². The van der Waals surface area contributed by atoms with Crippen LogP contribution in [0.2, 0.25) is 0 Å². The third-order valence-electron chi connectivity index (χ3n) is 9.37. The quantitative estimate of drug-likeness (QED) is 0.131. The fourth-order valence-corrected chi connectivity index (χ4v) is 7.25. The van der Waals surface area contributed by atoms with E-state index in [-0.39, 0.29) is 41.8 Å². The van der Waals surface area contributed by atoms with E-state index in [1.54, 1.807) is 13.0 Å². The van der Waals surface area contributed by atoms with Crippen LogP contribution in [0.25, 0.3) is 0 Å². The summed E-state index contributed by atoms with van der Waals surface area (Å²) in [6.07, 6.45) is 10.7. The summed E-state index contributed by atoms with van der Waals surface area (Å²) >= 11 is 0. The molecule has 7 atom stereocenters. The number of halogens is 1. The molecule has 3 rings (SSSR count). The maximum Gasteiger partial charge on any atom is 0.327 e. The Morgan fingerprint density at radius 2 is 1.97 bits per heavy atom. The van der Waals surface area contributed by atoms with E-state index in [0.29, 0.717) is 37.7 Å². The molecule has 8 heteroatoms. The number of ketones is 1. The number of allylic oxidation sites excluding steroid dienone is 5. The van der Waals surface area contributed by atoms with Crippen LogP contribution in [0.5, 0.6) is 0 Å². The maximum absolute atomic E-state index is 15.3. The first kappa shape index (κ1) is 31.2. The van der Waals surface area contributed by atoms with E-state index >= 15 is 4.39 Å². The minimum atomic E-state index is -1.14. The number of alkyl halides is 1. The van der Waals surface area contributed by atoms with Gasteiger partial charge in [-0.1, -0.05) is 57.9 Å². The van der Waals surface area contributed by atoms with E-state index in [2.05, 4.69) is 13.5 Å². The molecule has 1 amide bonds. The largest absolute Gasteiger partial charge is 0.456 e. The number of carbonyl (C=O) groups excluding carboxylic acids is 3. The molecule has 0 radical (unpaired) electrons. The molecule has 0 aromatic carbocycles. The summed E-state index contributed by atoms with van der Waals surface area (Å²) in [4.78, 5) is 37.8. The van der Waals surface area contributed by atoms with Crippen LogP contribution in [-0.2, 0) is 19.1 Å². The zero-order valence-electron chi connectivity index (χ0n) is 23.9. The Morgan fingerprint density at radius 1 is 1.23 bits per heavy atom. The van der Waals surface area contributed by atoms with E-state index in [9.17, 15) is 19.5 Å². The molecule has 39 heavy (non-hydrogen) atoms. The topological polar surface area (TPSA) is 110 Å². The molecule has 7 nitrogen and oxygen atoms in total. The highest BCUT2D eigenvalue weighted by molar-refractivity contribution is 5.87. The van der Waals surface area contributed by atoms with Gasteiger partial charge in [0.1, 0.15) is 19.3 Å². The summed E-state index contributed by atoms with van der Waals surface area (Å²) in [5.41, 5.74) is 0.865. The fourth-order valence-electron chi connectivity index (χ4n) is 7.25. The second-order valence-corrected chi connectivity index (χ2v) is 12.1. The first-order valence-electron chi connectivity index (χ1n) is 14.6. The highest BCUT2D eigenvalue weighted by Crippen LogP contribution is 2.61. The van der Waals surface area contributed by atoms with Gasteiger partial charge in [0.05, 0.1) is 6.10 Å². The summed E-state index contributed by atoms with van der Waals surface area (Å²) in [6.45, 7) is 9.06. The van der Waals surface area contributed by atoms with E-state index < -0.39 is 36.8 Å². The summed E-state index contributed by atoms with van der Waals surface area (Å²) in [6, 6.07) is 0. The molecule has 3 unspecified atom stereocenters. The van der Waals surface area contributed by atoms with Crippen molar-refractivity contribution < 1.29 is 28.6 Å². The van der Waals surface area contributed by atoms with Crippen LogP contribution in [0.1, 0.15) is 85.0 Å². The van der Waals surface area contributed by atoms with Crippen molar-refractivity contribution >= 4 is 17.7 Å². The number of aliphatic hydroxyl groups excluding tert-OH is 1. The molecule has 0 saturated heterocycles. The smallest absolute Gasteiger partial charge is 0.327 e. The number of amides is 1. The number of fused-ring (bicyclic) bond motifs is 3. The Morgan fingerprint density at radius 3 is 2.69 bits per heavy atom. The van der Waals surface area contributed by atoms with Crippen molar-refractivity contribution in [3.05, 3.63) is 36.0 Å². The number of aliphatic hydroxyl groups is 1. The van der Waals surface area contributed by atoms with Crippen molar-refractivity contribution in [1.29, 1.82) is 0 Å². The fraction of sp³-hybridized carbons (Fsp3) is 0.710. The van der Waals surface area contributed by atoms with Crippen LogP contribution in [0.4, 0.5) is 4.39 Å². The lowest BCUT2D eigenvalue weighted by Gasteiger charge is -2.51. The zero-order valence-corrected chi connectivity index (χ0v) is 23.9. The van der Waals surface area contributed by atoms with Gasteiger partial charge in [-0.05, 0) is 79.8 Å². The predicted molar refractivity (Wildman–Crippen MR) is 149 cm³/mol. The standard InChI is InChI=1S/C31H47FN2O5/c1-5-6-7-8-12-29(37)34(33)18-30(38)39-19-28(36)25-14-13-24-23-16-26(32)21(3)15-20(2)10-9-11-22(23)27(35)17-31(24,25)4/h9-10,15,22-27,35H,2,5-8,11-14,16-19,33H2,1,3-4H3/b10-9-,21-15+/t22?,23-,24?,25?,26+,27+,31+/m1/s1. The van der Waals surface area contributed by atoms with Gasteiger partial charge in [0.2, 0.25) is 5.91 Å². The highest BCUT2D eigenvalue weighted by atomic mass is 19.1. The number of carbonyl (C=O) groups is 3. The van der Waals surface area contributed by atoms with Gasteiger partial charge in [-0.2, -0.15) is 0 Å². The van der Waals surface area contributed by atoms with Crippen molar-refractivity contribution in [2.24, 2.45) is 34.9 Å². The average Bonchev–Trinajstić information content (AvgIpc) is 3.22. The molecule has 3 aliphatic carbocycles. The van der Waals surface area contributed by atoms with Gasteiger partial charge in [0.15, 0.2) is 5.78 Å². The molecule has 0 aromatic heterocycles. The number of rotatable bonds is 10. The maximum atomic E-state index is 15.3. The number of hydrogen-bond acceptors (Lipinski definition) is 6. The van der Waals surface area contributed by atoms with Crippen molar-refractivity contribution in [2.75, 3.05) is 13.2 Å². The second-order valence-electron chi connectivity index (χ2n) is 12.1. The summed E-state index contributed by atoms with van der Waals surface area (Å²) in [7, 11) is 0. The molecule has 0 bridgehead atoms. The van der Waals surface area contributed by atoms with E-state index in [0.717, 1.165) is 36.3 Å². The zero-order chi connectivity index (χ0) is 28.7. The Bertz CT molecular complexity index is 978. The Hall–Kier alpha value is -2.32. The van der Waals surface area contributed by atoms with Gasteiger partial charge >= 0.3 is 5.97 Å². The number of hydrazine groups is 1. The third-order valence-corrected chi connectivity index (χ3v) is 9.37. The van der Waals surface area contributed by atoms with Crippen LogP contribution < -0.4 is 5.84 Å². The van der Waals surface area contributed by atoms with Crippen LogP contribution in [0.3, 0.4) is 0 Å². The summed E-state index contributed by atoms with van der Waals surface area (Å²) in [5, 5.41) is 12.1. The molecule has 0 spiro atoms. The SMILES string of the molecule is C=C1/C=C\CC2[C@@H](C[C@H](F)/C(C)=C/1)C1CCC(C(=O)COC(=O)CN(N)C(=O)CCCCCC)[C@@]1(C)C[C@@H]2O. The van der Waals surface area contributed by atoms with Gasteiger partial charge in [-0.15, -0.1) is 0 Å².